The summed E-state index contributed by atoms with van der Waals surface area (Å²) in [5.41, 5.74) is 2.73. The maximum absolute atomic E-state index is 13.0. The number of halogens is 2. The van der Waals surface area contributed by atoms with E-state index in [9.17, 15) is 14.0 Å². The van der Waals surface area contributed by atoms with Crippen molar-refractivity contribution in [1.29, 1.82) is 0 Å². The summed E-state index contributed by atoms with van der Waals surface area (Å²) in [6.07, 6.45) is 4.05. The summed E-state index contributed by atoms with van der Waals surface area (Å²) in [5, 5.41) is 10.3. The van der Waals surface area contributed by atoms with Crippen molar-refractivity contribution in [3.8, 4) is 11.1 Å². The van der Waals surface area contributed by atoms with Crippen LogP contribution in [0.3, 0.4) is 0 Å². The first-order chi connectivity index (χ1) is 10.4. The first-order valence-corrected chi connectivity index (χ1v) is 6.50. The standard InChI is InChI=1S/C12H9ClFN.C3H4NO3.Fm/c1-8-4-10(13)2-3-12(8)9-5-11(14)7-15-6-9;5-2-4-1-3(6)7;/h2-7H,1H3;1H2,(H,4,5)(H,6,7);/q;-1;. The van der Waals surface area contributed by atoms with Crippen molar-refractivity contribution < 1.29 is 19.1 Å². The minimum atomic E-state index is -1.07. The van der Waals surface area contributed by atoms with Gasteiger partial charge in [0.25, 0.3) is 0 Å². The molecule has 23 heavy (non-hydrogen) atoms. The summed E-state index contributed by atoms with van der Waals surface area (Å²) in [5.74, 6) is -1.40. The van der Waals surface area contributed by atoms with E-state index in [0.717, 1.165) is 16.7 Å². The molecule has 2 rings (SSSR count). The van der Waals surface area contributed by atoms with Crippen LogP contribution in [0.4, 0.5) is 4.39 Å². The van der Waals surface area contributed by atoms with Crippen LogP contribution in [-0.4, -0.2) is 29.0 Å². The van der Waals surface area contributed by atoms with Crippen molar-refractivity contribution in [2.45, 2.75) is 6.92 Å². The largest absolute Gasteiger partial charge is 0.521 e. The number of aryl methyl sites for hydroxylation is 1. The van der Waals surface area contributed by atoms with Gasteiger partial charge in [-0.05, 0) is 36.2 Å². The van der Waals surface area contributed by atoms with Gasteiger partial charge in [-0.1, -0.05) is 17.7 Å². The fourth-order valence-corrected chi connectivity index (χ4v) is 1.85. The van der Waals surface area contributed by atoms with Gasteiger partial charge in [-0.25, -0.2) is 4.39 Å². The van der Waals surface area contributed by atoms with E-state index in [4.69, 9.17) is 16.7 Å². The Balaban J connectivity index is 0.000000522. The topological polar surface area (TPSA) is 79.3 Å². The van der Waals surface area contributed by atoms with Gasteiger partial charge in [-0.2, -0.15) is 6.41 Å². The molecule has 0 bridgehead atoms. The van der Waals surface area contributed by atoms with Gasteiger partial charge in [0.2, 0.25) is 0 Å². The Morgan fingerprint density at radius 1 is 1.39 bits per heavy atom. The summed E-state index contributed by atoms with van der Waals surface area (Å²) in [6.45, 7) is 1.58. The molecule has 1 aromatic heterocycles. The van der Waals surface area contributed by atoms with E-state index in [1.165, 1.54) is 18.7 Å². The molecule has 0 atom stereocenters. The predicted octanol–water partition coefficient (Wildman–Crippen LogP) is 2.58. The number of hydrogen-bond acceptors (Lipinski definition) is 3. The monoisotopic (exact) mass is 580 g/mol. The Kier molecular flexibility index (Phi) is 8.04. The number of pyridine rings is 1. The molecule has 5 nitrogen and oxygen atoms in total. The number of benzene rings is 1. The molecule has 1 heterocycles. The van der Waals surface area contributed by atoms with E-state index in [1.807, 2.05) is 24.4 Å². The number of carbonyl (C=O) groups excluding carboxylic acids is 1. The van der Waals surface area contributed by atoms with Gasteiger partial charge in [0.15, 0.2) is 0 Å². The fourth-order valence-electron chi connectivity index (χ4n) is 1.62. The molecule has 1 amide bonds. The fraction of sp³-hybridized carbons (Fsp3) is 0.133. The molecule has 1 aromatic carbocycles. The minimum Gasteiger partial charge on any atom is -0.521 e. The molecule has 0 aliphatic carbocycles. The predicted molar refractivity (Wildman–Crippen MR) is 80.7 cm³/mol. The van der Waals surface area contributed by atoms with E-state index in [-0.39, 0.29) is 12.4 Å². The number of hydrogen-bond donors (Lipinski definition) is 2. The second-order valence-electron chi connectivity index (χ2n) is 4.20. The molecule has 128 valence electrons. The van der Waals surface area contributed by atoms with Crippen LogP contribution >= 0.6 is 11.6 Å². The number of carboxylic acid groups (broad SMARTS) is 1. The molecule has 0 saturated carbocycles. The third-order valence-electron chi connectivity index (χ3n) is 2.52. The summed E-state index contributed by atoms with van der Waals surface area (Å²) >= 11 is 5.85. The summed E-state index contributed by atoms with van der Waals surface area (Å²) in [4.78, 5) is 22.5. The van der Waals surface area contributed by atoms with Crippen LogP contribution in [0.2, 0.25) is 5.02 Å². The average Bonchev–Trinajstić information content (AvgIpc) is 2.45. The SMILES string of the molecule is Cc1cc(Cl)ccc1-c1cncc(F)c1.O=[C-]NCC(=O)O.[Fm]. The van der Waals surface area contributed by atoms with E-state index in [2.05, 4.69) is 4.98 Å². The average molecular weight is 581 g/mol. The van der Waals surface area contributed by atoms with Crippen LogP contribution in [0.25, 0.3) is 11.1 Å². The van der Waals surface area contributed by atoms with Crippen molar-refractivity contribution in [3.05, 3.63) is 53.1 Å². The van der Waals surface area contributed by atoms with Crippen LogP contribution in [0, 0.1) is 12.7 Å². The molecular weight excluding hydrogens is 568 g/mol. The number of rotatable bonds is 4. The number of nitrogens with zero attached hydrogens (tertiary/aromatic N) is 1. The van der Waals surface area contributed by atoms with Gasteiger partial charge >= 0.3 is 5.97 Å². The zero-order chi connectivity index (χ0) is 16.5. The molecule has 2 aromatic rings. The summed E-state index contributed by atoms with van der Waals surface area (Å²) < 4.78 is 13.0. The van der Waals surface area contributed by atoms with E-state index >= 15 is 0 Å². The van der Waals surface area contributed by atoms with Crippen molar-refractivity contribution in [2.75, 3.05) is 6.54 Å². The number of aliphatic carboxylic acids is 1. The first kappa shape index (κ1) is 19.5. The van der Waals surface area contributed by atoms with Crippen LogP contribution in [-0.2, 0) is 9.59 Å². The van der Waals surface area contributed by atoms with E-state index in [1.54, 1.807) is 12.3 Å². The second-order valence-corrected chi connectivity index (χ2v) is 4.64. The Hall–Kier alpha value is -3.47. The first-order valence-electron chi connectivity index (χ1n) is 6.13. The maximum Gasteiger partial charge on any atom is 0.320 e. The molecule has 0 radical (unpaired) electrons. The van der Waals surface area contributed by atoms with Gasteiger partial charge in [0.1, 0.15) is 5.82 Å². The number of carboxylic acids is 1. The number of nitrogens with one attached hydrogen (secondary N) is 1. The van der Waals surface area contributed by atoms with Crippen molar-refractivity contribution >= 4 is 24.0 Å². The third kappa shape index (κ3) is 6.68. The minimum absolute atomic E-state index is 0. The molecule has 8 heteroatoms. The van der Waals surface area contributed by atoms with Crippen LogP contribution in [0.1, 0.15) is 5.56 Å². The Morgan fingerprint density at radius 2 is 2.09 bits per heavy atom. The Labute approximate surface area is 131 Å². The molecule has 0 saturated heterocycles. The zero-order valence-corrected chi connectivity index (χ0v) is 15.1. The number of amides is 1. The third-order valence-corrected chi connectivity index (χ3v) is 2.75. The molecule has 0 spiro atoms. The molecule has 0 aliphatic heterocycles. The molecule has 0 fully saturated rings. The van der Waals surface area contributed by atoms with Gasteiger partial charge in [-0.3, -0.25) is 9.78 Å². The van der Waals surface area contributed by atoms with Gasteiger partial charge in [0.05, 0.1) is 12.7 Å². The molecule has 0 aliphatic rings. The van der Waals surface area contributed by atoms with E-state index in [0.29, 0.717) is 5.02 Å². The maximum atomic E-state index is 13.0. The summed E-state index contributed by atoms with van der Waals surface area (Å²) in [7, 11) is 0. The van der Waals surface area contributed by atoms with Gasteiger partial charge < -0.3 is 15.2 Å². The summed E-state index contributed by atoms with van der Waals surface area (Å²) in [6, 6.07) is 6.97. The van der Waals surface area contributed by atoms with Crippen molar-refractivity contribution in [1.82, 2.24) is 10.3 Å². The van der Waals surface area contributed by atoms with Crippen molar-refractivity contribution in [2.24, 2.45) is 0 Å². The molecule has 2 N–H and O–H groups in total. The smallest absolute Gasteiger partial charge is 0.320 e. The van der Waals surface area contributed by atoms with Crippen molar-refractivity contribution in [3.63, 3.8) is 0 Å². The molecule has 0 unspecified atom stereocenters. The Morgan fingerprint density at radius 3 is 2.57 bits per heavy atom. The van der Waals surface area contributed by atoms with Gasteiger partial charge in [0, 0.05) is 16.8 Å². The van der Waals surface area contributed by atoms with Crippen LogP contribution < -0.4 is 5.32 Å². The van der Waals surface area contributed by atoms with Crippen LogP contribution in [0.5, 0.6) is 0 Å². The number of aromatic nitrogens is 1. The second kappa shape index (κ2) is 9.46. The zero-order valence-electron chi connectivity index (χ0n) is 11.9. The molecular formula is C15H13ClFFmN2O3-. The van der Waals surface area contributed by atoms with E-state index < -0.39 is 5.97 Å². The number of carbonyl (C=O) groups is 1. The normalized spacial score (nSPS) is 9.00. The van der Waals surface area contributed by atoms with Crippen LogP contribution in [0.15, 0.2) is 36.7 Å². The Bertz CT molecular complexity index is 671. The quantitative estimate of drug-likeness (QED) is 0.431. The van der Waals surface area contributed by atoms with Gasteiger partial charge in [-0.15, -0.1) is 0 Å².